The Balaban J connectivity index is 1.85. The lowest BCUT2D eigenvalue weighted by molar-refractivity contribution is -0.380. The van der Waals surface area contributed by atoms with Crippen molar-refractivity contribution in [2.24, 2.45) is 0 Å². The maximum atomic E-state index is 11.7. The van der Waals surface area contributed by atoms with Gasteiger partial charge in [-0.15, -0.1) is 0 Å². The predicted octanol–water partition coefficient (Wildman–Crippen LogP) is 3.01. The molecule has 0 bridgehead atoms. The SMILES string of the molecule is CCc1ccc(NC(=O)COC(=O)c2ccc([N+](=O)[O-])s2)cc1. The Morgan fingerprint density at radius 2 is 1.91 bits per heavy atom. The van der Waals surface area contributed by atoms with Gasteiger partial charge in [-0.2, -0.15) is 0 Å². The maximum Gasteiger partial charge on any atom is 0.349 e. The van der Waals surface area contributed by atoms with Crippen molar-refractivity contribution >= 4 is 33.9 Å². The van der Waals surface area contributed by atoms with Crippen molar-refractivity contribution in [3.05, 3.63) is 57.0 Å². The van der Waals surface area contributed by atoms with Crippen molar-refractivity contribution in [1.29, 1.82) is 0 Å². The second-order valence-corrected chi connectivity index (χ2v) is 5.63. The molecule has 0 aliphatic heterocycles. The number of nitrogens with zero attached hydrogens (tertiary/aromatic N) is 1. The van der Waals surface area contributed by atoms with E-state index in [-0.39, 0.29) is 9.88 Å². The van der Waals surface area contributed by atoms with Crippen LogP contribution in [-0.4, -0.2) is 23.4 Å². The molecule has 1 N–H and O–H groups in total. The summed E-state index contributed by atoms with van der Waals surface area (Å²) < 4.78 is 4.84. The molecular weight excluding hydrogens is 320 g/mol. The number of benzene rings is 1. The van der Waals surface area contributed by atoms with Gasteiger partial charge >= 0.3 is 11.0 Å². The van der Waals surface area contributed by atoms with Crippen LogP contribution in [-0.2, 0) is 16.0 Å². The first-order valence-corrected chi connectivity index (χ1v) is 7.61. The smallest absolute Gasteiger partial charge is 0.349 e. The van der Waals surface area contributed by atoms with E-state index in [1.54, 1.807) is 12.1 Å². The lowest BCUT2D eigenvalue weighted by atomic mass is 10.1. The largest absolute Gasteiger partial charge is 0.451 e. The quantitative estimate of drug-likeness (QED) is 0.497. The second-order valence-electron chi connectivity index (χ2n) is 4.57. The summed E-state index contributed by atoms with van der Waals surface area (Å²) in [6, 6.07) is 9.84. The van der Waals surface area contributed by atoms with E-state index in [9.17, 15) is 19.7 Å². The molecule has 0 radical (unpaired) electrons. The number of carbonyl (C=O) groups is 2. The Morgan fingerprint density at radius 3 is 2.48 bits per heavy atom. The standard InChI is InChI=1S/C15H14N2O5S/c1-2-10-3-5-11(6-4-10)16-13(18)9-22-15(19)12-7-8-14(23-12)17(20)21/h3-8H,2,9H2,1H3,(H,16,18). The van der Waals surface area contributed by atoms with Gasteiger partial charge in [0.2, 0.25) is 0 Å². The molecule has 23 heavy (non-hydrogen) atoms. The number of rotatable bonds is 6. The number of aryl methyl sites for hydroxylation is 1. The van der Waals surface area contributed by atoms with Crippen LogP contribution in [0.3, 0.4) is 0 Å². The summed E-state index contributed by atoms with van der Waals surface area (Å²) in [7, 11) is 0. The third-order valence-corrected chi connectivity index (χ3v) is 3.97. The van der Waals surface area contributed by atoms with Gasteiger partial charge in [-0.05, 0) is 30.2 Å². The molecule has 0 spiro atoms. The van der Waals surface area contributed by atoms with Gasteiger partial charge < -0.3 is 10.1 Å². The van der Waals surface area contributed by atoms with Crippen LogP contribution in [0.2, 0.25) is 0 Å². The van der Waals surface area contributed by atoms with E-state index < -0.39 is 23.4 Å². The van der Waals surface area contributed by atoms with Crippen molar-refractivity contribution in [1.82, 2.24) is 0 Å². The van der Waals surface area contributed by atoms with Crippen LogP contribution < -0.4 is 5.32 Å². The molecule has 0 saturated carbocycles. The molecule has 8 heteroatoms. The van der Waals surface area contributed by atoms with Gasteiger partial charge in [0.1, 0.15) is 4.88 Å². The van der Waals surface area contributed by atoms with E-state index in [4.69, 9.17) is 4.74 Å². The number of hydrogen-bond acceptors (Lipinski definition) is 6. The number of ether oxygens (including phenoxy) is 1. The highest BCUT2D eigenvalue weighted by molar-refractivity contribution is 7.17. The zero-order chi connectivity index (χ0) is 16.8. The summed E-state index contributed by atoms with van der Waals surface area (Å²) in [6.07, 6.45) is 0.902. The van der Waals surface area contributed by atoms with Crippen molar-refractivity contribution < 1.29 is 19.2 Å². The number of nitro groups is 1. The summed E-state index contributed by atoms with van der Waals surface area (Å²) in [5, 5.41) is 13.0. The molecule has 1 aromatic carbocycles. The van der Waals surface area contributed by atoms with Gasteiger partial charge in [-0.1, -0.05) is 30.4 Å². The van der Waals surface area contributed by atoms with Gasteiger partial charge in [0.25, 0.3) is 5.91 Å². The lowest BCUT2D eigenvalue weighted by Gasteiger charge is -2.06. The van der Waals surface area contributed by atoms with Crippen LogP contribution in [0.4, 0.5) is 10.7 Å². The molecule has 2 aromatic rings. The van der Waals surface area contributed by atoms with Gasteiger partial charge in [0.05, 0.1) is 4.92 Å². The molecule has 2 rings (SSSR count). The number of thiophene rings is 1. The van der Waals surface area contributed by atoms with Crippen molar-refractivity contribution in [3.63, 3.8) is 0 Å². The number of carbonyl (C=O) groups excluding carboxylic acids is 2. The highest BCUT2D eigenvalue weighted by Crippen LogP contribution is 2.24. The van der Waals surface area contributed by atoms with Crippen LogP contribution in [0.5, 0.6) is 0 Å². The highest BCUT2D eigenvalue weighted by Gasteiger charge is 2.17. The van der Waals surface area contributed by atoms with E-state index in [2.05, 4.69) is 5.32 Å². The minimum absolute atomic E-state index is 0.0804. The average Bonchev–Trinajstić information content (AvgIpc) is 3.03. The van der Waals surface area contributed by atoms with E-state index in [0.717, 1.165) is 12.0 Å². The minimum Gasteiger partial charge on any atom is -0.451 e. The topological polar surface area (TPSA) is 98.5 Å². The Bertz CT molecular complexity index is 724. The third-order valence-electron chi connectivity index (χ3n) is 2.95. The van der Waals surface area contributed by atoms with Crippen molar-refractivity contribution in [3.8, 4) is 0 Å². The van der Waals surface area contributed by atoms with Gasteiger partial charge in [0, 0.05) is 11.8 Å². The zero-order valence-electron chi connectivity index (χ0n) is 12.3. The molecule has 120 valence electrons. The van der Waals surface area contributed by atoms with Crippen LogP contribution in [0, 0.1) is 10.1 Å². The second kappa shape index (κ2) is 7.50. The molecule has 0 saturated heterocycles. The van der Waals surface area contributed by atoms with E-state index in [1.807, 2.05) is 19.1 Å². The zero-order valence-corrected chi connectivity index (χ0v) is 13.1. The first-order valence-electron chi connectivity index (χ1n) is 6.79. The van der Waals surface area contributed by atoms with E-state index in [0.29, 0.717) is 17.0 Å². The summed E-state index contributed by atoms with van der Waals surface area (Å²) in [6.45, 7) is 1.57. The van der Waals surface area contributed by atoms with Gasteiger partial charge in [0.15, 0.2) is 6.61 Å². The fourth-order valence-electron chi connectivity index (χ4n) is 1.76. The molecule has 0 unspecified atom stereocenters. The predicted molar refractivity (Wildman–Crippen MR) is 85.7 cm³/mol. The van der Waals surface area contributed by atoms with Crippen LogP contribution in [0.15, 0.2) is 36.4 Å². The molecule has 1 amide bonds. The van der Waals surface area contributed by atoms with Crippen LogP contribution in [0.25, 0.3) is 0 Å². The number of nitrogens with one attached hydrogen (secondary N) is 1. The normalized spacial score (nSPS) is 10.1. The highest BCUT2D eigenvalue weighted by atomic mass is 32.1. The Hall–Kier alpha value is -2.74. The average molecular weight is 334 g/mol. The first-order chi connectivity index (χ1) is 11.0. The number of amides is 1. The maximum absolute atomic E-state index is 11.7. The summed E-state index contributed by atoms with van der Waals surface area (Å²) in [4.78, 5) is 33.5. The number of esters is 1. The van der Waals surface area contributed by atoms with E-state index >= 15 is 0 Å². The summed E-state index contributed by atoms with van der Waals surface area (Å²) >= 11 is 0.703. The Kier molecular flexibility index (Phi) is 5.42. The number of hydrogen-bond donors (Lipinski definition) is 1. The van der Waals surface area contributed by atoms with Gasteiger partial charge in [-0.25, -0.2) is 4.79 Å². The fraction of sp³-hybridized carbons (Fsp3) is 0.200. The van der Waals surface area contributed by atoms with Crippen molar-refractivity contribution in [2.45, 2.75) is 13.3 Å². The minimum atomic E-state index is -0.764. The molecule has 1 aromatic heterocycles. The Morgan fingerprint density at radius 1 is 1.22 bits per heavy atom. The molecule has 7 nitrogen and oxygen atoms in total. The lowest BCUT2D eigenvalue weighted by Crippen LogP contribution is -2.20. The molecule has 0 aliphatic rings. The number of anilines is 1. The molecule has 1 heterocycles. The molecule has 0 fully saturated rings. The molecular formula is C15H14N2O5S. The van der Waals surface area contributed by atoms with Gasteiger partial charge in [-0.3, -0.25) is 14.9 Å². The van der Waals surface area contributed by atoms with Crippen molar-refractivity contribution in [2.75, 3.05) is 11.9 Å². The van der Waals surface area contributed by atoms with Crippen LogP contribution in [0.1, 0.15) is 22.2 Å². The third kappa shape index (κ3) is 4.62. The Labute approximate surface area is 136 Å². The van der Waals surface area contributed by atoms with Crippen LogP contribution >= 0.6 is 11.3 Å². The monoisotopic (exact) mass is 334 g/mol. The fourth-order valence-corrected chi connectivity index (χ4v) is 2.47. The first kappa shape index (κ1) is 16.6. The van der Waals surface area contributed by atoms with E-state index in [1.165, 1.54) is 12.1 Å². The molecule has 0 atom stereocenters. The summed E-state index contributed by atoms with van der Waals surface area (Å²) in [5.41, 5.74) is 1.75. The summed E-state index contributed by atoms with van der Waals surface area (Å²) in [5.74, 6) is -1.24. The molecule has 0 aliphatic carbocycles.